The Kier molecular flexibility index (Phi) is 6.82. The van der Waals surface area contributed by atoms with Crippen LogP contribution in [0.3, 0.4) is 0 Å². The van der Waals surface area contributed by atoms with Crippen LogP contribution in [0.1, 0.15) is 24.0 Å². The van der Waals surface area contributed by atoms with Gasteiger partial charge in [-0.2, -0.15) is 0 Å². The second-order valence-corrected chi connectivity index (χ2v) is 10.2. The van der Waals surface area contributed by atoms with E-state index in [-0.39, 0.29) is 25.7 Å². The second-order valence-electron chi connectivity index (χ2n) is 10.2. The van der Waals surface area contributed by atoms with Crippen LogP contribution in [-0.2, 0) is 36.8 Å². The minimum atomic E-state index is -1.67. The second kappa shape index (κ2) is 10.1. The van der Waals surface area contributed by atoms with Gasteiger partial charge in [-0.15, -0.1) is 0 Å². The Morgan fingerprint density at radius 3 is 1.93 bits per heavy atom. The lowest BCUT2D eigenvalue weighted by atomic mass is 9.90. The summed E-state index contributed by atoms with van der Waals surface area (Å²) in [5.74, 6) is -3.58. The fraction of sp³-hybridized carbons (Fsp3) is 0.286. The number of carboxylic acid groups (broad SMARTS) is 2. The average Bonchev–Trinajstić information content (AvgIpc) is 3.66. The van der Waals surface area contributed by atoms with E-state index in [4.69, 9.17) is 15.6 Å². The largest absolute Gasteiger partial charge is 0.480 e. The summed E-state index contributed by atoms with van der Waals surface area (Å²) < 4.78 is 5.07. The van der Waals surface area contributed by atoms with Crippen LogP contribution in [0, 0.1) is 0 Å². The molecule has 2 aliphatic rings. The number of rotatable bonds is 6. The summed E-state index contributed by atoms with van der Waals surface area (Å²) in [5, 5.41) is 32.9. The molecule has 2 aliphatic heterocycles. The zero-order valence-electron chi connectivity index (χ0n) is 21.2. The molecule has 208 valence electrons. The summed E-state index contributed by atoms with van der Waals surface area (Å²) >= 11 is 0. The van der Waals surface area contributed by atoms with Crippen molar-refractivity contribution in [3.8, 4) is 0 Å². The van der Waals surface area contributed by atoms with Crippen LogP contribution in [0.25, 0.3) is 21.8 Å². The molecule has 2 aromatic carbocycles. The van der Waals surface area contributed by atoms with Gasteiger partial charge in [0.25, 0.3) is 5.91 Å². The van der Waals surface area contributed by atoms with Gasteiger partial charge in [-0.25, -0.2) is 9.59 Å². The Morgan fingerprint density at radius 1 is 0.900 bits per heavy atom. The van der Waals surface area contributed by atoms with Crippen LogP contribution in [-0.4, -0.2) is 72.4 Å². The molecule has 4 unspecified atom stereocenters. The number of aliphatic carboxylic acids is 2. The minimum Gasteiger partial charge on any atom is -0.480 e. The zero-order chi connectivity index (χ0) is 28.7. The monoisotopic (exact) mass is 548 g/mol. The number of fused-ring (bicyclic) bond motifs is 2. The molecule has 40 heavy (non-hydrogen) atoms. The van der Waals surface area contributed by atoms with E-state index in [1.165, 1.54) is 0 Å². The van der Waals surface area contributed by atoms with Crippen LogP contribution in [0.5, 0.6) is 0 Å². The van der Waals surface area contributed by atoms with Crippen LogP contribution in [0.15, 0.2) is 60.9 Å². The average molecular weight is 549 g/mol. The van der Waals surface area contributed by atoms with Crippen molar-refractivity contribution in [2.75, 3.05) is 0 Å². The third kappa shape index (κ3) is 4.90. The number of nitrogens with one attached hydrogen (secondary N) is 3. The molecule has 12 nitrogen and oxygen atoms in total. The minimum absolute atomic E-state index is 0.0132. The van der Waals surface area contributed by atoms with Gasteiger partial charge in [-0.1, -0.05) is 36.4 Å². The molecular weight excluding hydrogens is 520 g/mol. The number of amides is 1. The van der Waals surface area contributed by atoms with E-state index < -0.39 is 47.1 Å². The highest BCUT2D eigenvalue weighted by Gasteiger charge is 2.52. The first kappa shape index (κ1) is 26.9. The molecule has 6 rings (SSSR count). The fourth-order valence-electron chi connectivity index (χ4n) is 5.32. The number of hydrogen-bond donors (Lipinski definition) is 7. The molecule has 2 aromatic heterocycles. The van der Waals surface area contributed by atoms with E-state index in [0.29, 0.717) is 0 Å². The molecule has 2 saturated heterocycles. The van der Waals surface area contributed by atoms with Crippen molar-refractivity contribution < 1.29 is 39.2 Å². The predicted octanol–water partition coefficient (Wildman–Crippen LogP) is 1.22. The van der Waals surface area contributed by atoms with Crippen molar-refractivity contribution >= 4 is 45.6 Å². The normalized spacial score (nSPS) is 25.9. The topological polar surface area (TPSA) is 208 Å². The number of hydrogen-bond acceptors (Lipinski definition) is 7. The lowest BCUT2D eigenvalue weighted by Crippen LogP contribution is -2.41. The number of ether oxygens (including phenoxy) is 1. The Labute approximate surface area is 227 Å². The Bertz CT molecular complexity index is 1630. The number of carbonyl (C=O) groups is 4. The first-order chi connectivity index (χ1) is 19.0. The molecule has 0 saturated carbocycles. The molecule has 4 aromatic rings. The van der Waals surface area contributed by atoms with Crippen molar-refractivity contribution in [1.82, 2.24) is 15.3 Å². The molecule has 4 atom stereocenters. The highest BCUT2D eigenvalue weighted by molar-refractivity contribution is 5.94. The van der Waals surface area contributed by atoms with E-state index >= 15 is 0 Å². The lowest BCUT2D eigenvalue weighted by molar-refractivity contribution is -0.169. The lowest BCUT2D eigenvalue weighted by Gasteiger charge is -2.22. The Balaban J connectivity index is 0.000000161. The van der Waals surface area contributed by atoms with Crippen LogP contribution in [0.2, 0.25) is 0 Å². The van der Waals surface area contributed by atoms with Crippen molar-refractivity contribution in [3.05, 3.63) is 72.1 Å². The van der Waals surface area contributed by atoms with Crippen molar-refractivity contribution in [3.63, 3.8) is 0 Å². The van der Waals surface area contributed by atoms with Crippen LogP contribution < -0.4 is 11.1 Å². The van der Waals surface area contributed by atoms with Gasteiger partial charge in [0.15, 0.2) is 0 Å². The zero-order valence-corrected chi connectivity index (χ0v) is 21.2. The molecule has 2 fully saturated rings. The van der Waals surface area contributed by atoms with Gasteiger partial charge in [0.2, 0.25) is 5.60 Å². The third-order valence-electron chi connectivity index (χ3n) is 7.41. The van der Waals surface area contributed by atoms with E-state index in [9.17, 15) is 29.4 Å². The number of nitrogens with two attached hydrogens (primary N) is 1. The van der Waals surface area contributed by atoms with E-state index in [1.54, 1.807) is 12.4 Å². The Hall–Kier alpha value is -4.68. The summed E-state index contributed by atoms with van der Waals surface area (Å²) in [6, 6.07) is 13.2. The number of aromatic nitrogens is 2. The van der Waals surface area contributed by atoms with Gasteiger partial charge in [0.05, 0.1) is 0 Å². The van der Waals surface area contributed by atoms with E-state index in [2.05, 4.69) is 15.3 Å². The maximum atomic E-state index is 11.8. The van der Waals surface area contributed by atoms with Gasteiger partial charge in [-0.05, 0) is 23.3 Å². The maximum absolute atomic E-state index is 11.8. The van der Waals surface area contributed by atoms with Gasteiger partial charge in [0, 0.05) is 59.9 Å². The quantitative estimate of drug-likeness (QED) is 0.173. The van der Waals surface area contributed by atoms with Gasteiger partial charge in [-0.3, -0.25) is 9.59 Å². The number of cyclic esters (lactones) is 1. The number of aromatic amines is 2. The fourth-order valence-corrected chi connectivity index (χ4v) is 5.32. The van der Waals surface area contributed by atoms with E-state index in [1.807, 2.05) is 48.5 Å². The smallest absolute Gasteiger partial charge is 0.348 e. The van der Waals surface area contributed by atoms with Crippen molar-refractivity contribution in [2.45, 2.75) is 49.0 Å². The molecule has 1 amide bonds. The van der Waals surface area contributed by atoms with E-state index in [0.717, 1.165) is 32.9 Å². The summed E-state index contributed by atoms with van der Waals surface area (Å²) in [6.45, 7) is 0. The number of esters is 1. The standard InChI is InChI=1S/2C14H14N2O4/c15-10-6-14(13(18)19,20-12(10)17)5-8-7-16-11-4-2-1-3-9(8)11;17-12(18)11-6-14(20,13(19)16-11)5-8-7-15-10-4-2-1-3-9(8)10/h1-4,7,10,16H,5-6,15H2,(H,18,19);1-4,7,11,15,20H,5-6H2,(H,16,19)(H,17,18). The summed E-state index contributed by atoms with van der Waals surface area (Å²) in [5.41, 5.74) is 5.77. The maximum Gasteiger partial charge on any atom is 0.348 e. The number of carboxylic acids is 2. The van der Waals surface area contributed by atoms with Gasteiger partial charge >= 0.3 is 17.9 Å². The van der Waals surface area contributed by atoms with Gasteiger partial charge < -0.3 is 41.1 Å². The highest BCUT2D eigenvalue weighted by Crippen LogP contribution is 2.33. The summed E-state index contributed by atoms with van der Waals surface area (Å²) in [4.78, 5) is 51.9. The molecule has 0 aliphatic carbocycles. The number of benzene rings is 2. The predicted molar refractivity (Wildman–Crippen MR) is 142 cm³/mol. The number of carbonyl (C=O) groups excluding carboxylic acids is 2. The van der Waals surface area contributed by atoms with Gasteiger partial charge in [0.1, 0.15) is 17.7 Å². The first-order valence-electron chi connectivity index (χ1n) is 12.6. The SMILES string of the molecule is NC1CC(Cc2c[nH]c3ccccc23)(C(=O)O)OC1=O.O=C(O)C1CC(O)(Cc2c[nH]c3ccccc23)C(=O)N1. The summed E-state index contributed by atoms with van der Waals surface area (Å²) in [6.07, 6.45) is 3.54. The van der Waals surface area contributed by atoms with Crippen molar-refractivity contribution in [2.24, 2.45) is 5.73 Å². The van der Waals surface area contributed by atoms with Crippen LogP contribution in [0.4, 0.5) is 0 Å². The molecule has 8 N–H and O–H groups in total. The molecule has 0 spiro atoms. The van der Waals surface area contributed by atoms with Crippen molar-refractivity contribution in [1.29, 1.82) is 0 Å². The van der Waals surface area contributed by atoms with Crippen LogP contribution >= 0.6 is 0 Å². The first-order valence-corrected chi connectivity index (χ1v) is 12.6. The molecule has 0 radical (unpaired) electrons. The summed E-state index contributed by atoms with van der Waals surface area (Å²) in [7, 11) is 0. The Morgan fingerprint density at radius 2 is 1.45 bits per heavy atom. The number of para-hydroxylation sites is 2. The molecular formula is C28H28N4O8. The third-order valence-corrected chi connectivity index (χ3v) is 7.41. The molecule has 12 heteroatoms. The molecule has 4 heterocycles. The molecule has 0 bridgehead atoms. The highest BCUT2D eigenvalue weighted by atomic mass is 16.6. The number of aliphatic hydroxyl groups is 1. The number of H-pyrrole nitrogens is 2.